The largest absolute Gasteiger partial charge is 0.390 e. The van der Waals surface area contributed by atoms with E-state index in [0.29, 0.717) is 17.8 Å². The van der Waals surface area contributed by atoms with Crippen molar-refractivity contribution in [1.29, 1.82) is 0 Å². The van der Waals surface area contributed by atoms with E-state index < -0.39 is 0 Å². The molecule has 0 unspecified atom stereocenters. The molecule has 0 fully saturated rings. The summed E-state index contributed by atoms with van der Waals surface area (Å²) >= 11 is 0. The van der Waals surface area contributed by atoms with E-state index in [-0.39, 0.29) is 18.0 Å². The molecule has 0 aliphatic rings. The van der Waals surface area contributed by atoms with Crippen LogP contribution in [-0.4, -0.2) is 14.2 Å². The summed E-state index contributed by atoms with van der Waals surface area (Å²) in [7, 11) is 1.70. The number of aromatic nitrogens is 2. The van der Waals surface area contributed by atoms with Crippen molar-refractivity contribution >= 4 is 21.8 Å². The highest BCUT2D eigenvalue weighted by molar-refractivity contribution is 6.15. The van der Waals surface area contributed by atoms with Gasteiger partial charge in [0.25, 0.3) is 5.56 Å². The Kier molecular flexibility index (Phi) is 4.91. The van der Waals surface area contributed by atoms with Crippen molar-refractivity contribution in [3.63, 3.8) is 0 Å². The molecule has 0 aliphatic carbocycles. The summed E-state index contributed by atoms with van der Waals surface area (Å²) in [5.74, 6) is -0.291. The number of hydrogen-bond donors (Lipinski definition) is 1. The fourth-order valence-corrected chi connectivity index (χ4v) is 4.53. The Labute approximate surface area is 184 Å². The van der Waals surface area contributed by atoms with E-state index in [9.17, 15) is 14.3 Å². The number of fused-ring (bicyclic) bond motifs is 3. The molecule has 2 heterocycles. The van der Waals surface area contributed by atoms with Gasteiger partial charge >= 0.3 is 0 Å². The summed E-state index contributed by atoms with van der Waals surface area (Å²) in [4.78, 5) is 13.6. The molecule has 0 radical (unpaired) electrons. The molecule has 0 atom stereocenters. The van der Waals surface area contributed by atoms with E-state index in [1.807, 2.05) is 60.0 Å². The fourth-order valence-electron chi connectivity index (χ4n) is 4.53. The highest BCUT2D eigenvalue weighted by atomic mass is 19.1. The Bertz CT molecular complexity index is 1510. The van der Waals surface area contributed by atoms with Gasteiger partial charge in [-0.1, -0.05) is 60.2 Å². The van der Waals surface area contributed by atoms with E-state index in [4.69, 9.17) is 0 Å². The van der Waals surface area contributed by atoms with Crippen molar-refractivity contribution in [1.82, 2.24) is 9.13 Å². The molecule has 2 aromatic heterocycles. The van der Waals surface area contributed by atoms with Gasteiger partial charge in [-0.25, -0.2) is 4.39 Å². The third-order valence-electron chi connectivity index (χ3n) is 6.17. The molecule has 5 heteroatoms. The normalized spacial score (nSPS) is 11.5. The van der Waals surface area contributed by atoms with E-state index in [2.05, 4.69) is 0 Å². The monoisotopic (exact) mass is 426 g/mol. The van der Waals surface area contributed by atoms with Gasteiger partial charge in [0.15, 0.2) is 0 Å². The molecule has 1 N–H and O–H groups in total. The first-order valence-electron chi connectivity index (χ1n) is 10.5. The van der Waals surface area contributed by atoms with Gasteiger partial charge in [0, 0.05) is 35.4 Å². The number of benzene rings is 3. The lowest BCUT2D eigenvalue weighted by atomic mass is 9.97. The van der Waals surface area contributed by atoms with E-state index in [1.54, 1.807) is 19.2 Å². The van der Waals surface area contributed by atoms with Crippen molar-refractivity contribution in [3.05, 3.63) is 106 Å². The van der Waals surface area contributed by atoms with Crippen LogP contribution in [0.4, 0.5) is 4.39 Å². The first-order valence-corrected chi connectivity index (χ1v) is 10.5. The molecule has 160 valence electrons. The molecule has 4 nitrogen and oxygen atoms in total. The smallest absolute Gasteiger partial charge is 0.275 e. The lowest BCUT2D eigenvalue weighted by Crippen LogP contribution is -2.24. The summed E-state index contributed by atoms with van der Waals surface area (Å²) in [6, 6.07) is 22.4. The van der Waals surface area contributed by atoms with E-state index in [0.717, 1.165) is 38.5 Å². The van der Waals surface area contributed by atoms with Gasteiger partial charge in [0.05, 0.1) is 12.3 Å². The maximum atomic E-state index is 13.6. The van der Waals surface area contributed by atoms with E-state index in [1.165, 1.54) is 16.7 Å². The van der Waals surface area contributed by atoms with Crippen molar-refractivity contribution in [2.45, 2.75) is 20.1 Å². The lowest BCUT2D eigenvalue weighted by molar-refractivity contribution is 0.272. The Balaban J connectivity index is 1.92. The van der Waals surface area contributed by atoms with Crippen molar-refractivity contribution in [2.75, 3.05) is 0 Å². The molecule has 3 aromatic carbocycles. The molecule has 32 heavy (non-hydrogen) atoms. The van der Waals surface area contributed by atoms with Crippen LogP contribution in [0, 0.1) is 12.7 Å². The molecular weight excluding hydrogens is 403 g/mol. The van der Waals surface area contributed by atoms with Gasteiger partial charge in [-0.2, -0.15) is 0 Å². The number of nitrogens with zero attached hydrogens (tertiary/aromatic N) is 2. The minimum Gasteiger partial charge on any atom is -0.390 e. The molecule has 0 spiro atoms. The topological polar surface area (TPSA) is 47.2 Å². The van der Waals surface area contributed by atoms with Crippen molar-refractivity contribution < 1.29 is 9.50 Å². The van der Waals surface area contributed by atoms with Crippen LogP contribution in [0.25, 0.3) is 32.9 Å². The molecule has 0 saturated heterocycles. The second-order valence-electron chi connectivity index (χ2n) is 8.16. The van der Waals surface area contributed by atoms with Crippen LogP contribution in [0.5, 0.6) is 0 Å². The first kappa shape index (κ1) is 20.2. The maximum absolute atomic E-state index is 13.6. The number of pyridine rings is 1. The van der Waals surface area contributed by atoms with Gasteiger partial charge in [-0.3, -0.25) is 4.79 Å². The lowest BCUT2D eigenvalue weighted by Gasteiger charge is -2.16. The van der Waals surface area contributed by atoms with Gasteiger partial charge < -0.3 is 14.2 Å². The second kappa shape index (κ2) is 7.77. The molecular formula is C27H23FN2O2. The number of aliphatic hydroxyl groups is 1. The summed E-state index contributed by atoms with van der Waals surface area (Å²) in [5, 5.41) is 12.0. The van der Waals surface area contributed by atoms with Gasteiger partial charge in [0.2, 0.25) is 0 Å². The summed E-state index contributed by atoms with van der Waals surface area (Å²) in [6.07, 6.45) is 0. The molecule has 0 saturated carbocycles. The maximum Gasteiger partial charge on any atom is 0.275 e. The van der Waals surface area contributed by atoms with Crippen LogP contribution in [0.3, 0.4) is 0 Å². The summed E-state index contributed by atoms with van der Waals surface area (Å²) in [5.41, 5.74) is 5.76. The number of halogens is 1. The molecule has 5 rings (SSSR count). The SMILES string of the molecule is Cc1ccc(-c2c(CO)n(C)c(=O)c3c2c2ccccc2n3Cc2ccc(F)cc2)cc1. The zero-order chi connectivity index (χ0) is 22.4. The highest BCUT2D eigenvalue weighted by Crippen LogP contribution is 2.37. The van der Waals surface area contributed by atoms with Gasteiger partial charge in [0.1, 0.15) is 11.3 Å². The third-order valence-corrected chi connectivity index (χ3v) is 6.17. The van der Waals surface area contributed by atoms with Gasteiger partial charge in [-0.05, 0) is 36.2 Å². The predicted octanol–water partition coefficient (Wildman–Crippen LogP) is 5.15. The third kappa shape index (κ3) is 3.13. The second-order valence-corrected chi connectivity index (χ2v) is 8.16. The summed E-state index contributed by atoms with van der Waals surface area (Å²) < 4.78 is 17.0. The number of aliphatic hydroxyl groups excluding tert-OH is 1. The molecule has 0 bridgehead atoms. The molecule has 5 aromatic rings. The minimum absolute atomic E-state index is 0.168. The predicted molar refractivity (Wildman–Crippen MR) is 126 cm³/mol. The molecule has 0 aliphatic heterocycles. The Morgan fingerprint density at radius 2 is 1.62 bits per heavy atom. The number of aryl methyl sites for hydroxylation is 1. The highest BCUT2D eigenvalue weighted by Gasteiger charge is 2.23. The van der Waals surface area contributed by atoms with Crippen molar-refractivity contribution in [2.24, 2.45) is 7.05 Å². The van der Waals surface area contributed by atoms with Crippen LogP contribution in [-0.2, 0) is 20.2 Å². The zero-order valence-electron chi connectivity index (χ0n) is 18.0. The Morgan fingerprint density at radius 3 is 2.31 bits per heavy atom. The number of rotatable bonds is 4. The fraction of sp³-hybridized carbons (Fsp3) is 0.148. The zero-order valence-corrected chi connectivity index (χ0v) is 18.0. The van der Waals surface area contributed by atoms with Crippen LogP contribution in [0.2, 0.25) is 0 Å². The van der Waals surface area contributed by atoms with Crippen LogP contribution in [0.1, 0.15) is 16.8 Å². The standard InChI is InChI=1S/C27H23FN2O2/c1-17-7-11-19(12-8-17)24-23(16-31)29(2)27(32)26-25(24)21-5-3-4-6-22(21)30(26)15-18-9-13-20(28)14-10-18/h3-14,31H,15-16H2,1-2H3. The Morgan fingerprint density at radius 1 is 0.938 bits per heavy atom. The van der Waals surface area contributed by atoms with Gasteiger partial charge in [-0.15, -0.1) is 0 Å². The van der Waals surface area contributed by atoms with Crippen LogP contribution < -0.4 is 5.56 Å². The van der Waals surface area contributed by atoms with Crippen LogP contribution >= 0.6 is 0 Å². The minimum atomic E-state index is -0.291. The van der Waals surface area contributed by atoms with Crippen molar-refractivity contribution in [3.8, 4) is 11.1 Å². The first-order chi connectivity index (χ1) is 15.5. The summed E-state index contributed by atoms with van der Waals surface area (Å²) in [6.45, 7) is 2.22. The average molecular weight is 426 g/mol. The number of hydrogen-bond acceptors (Lipinski definition) is 2. The quantitative estimate of drug-likeness (QED) is 0.432. The van der Waals surface area contributed by atoms with Crippen LogP contribution in [0.15, 0.2) is 77.6 Å². The Hall–Kier alpha value is -3.70. The average Bonchev–Trinajstić information content (AvgIpc) is 3.12. The number of para-hydroxylation sites is 1. The van der Waals surface area contributed by atoms with E-state index >= 15 is 0 Å². The molecule has 0 amide bonds.